The lowest BCUT2D eigenvalue weighted by molar-refractivity contribution is -0.141. The minimum Gasteiger partial charge on any atom is -0.478 e. The van der Waals surface area contributed by atoms with Crippen LogP contribution in [-0.4, -0.2) is 26.8 Å². The molecule has 1 amide bonds. The van der Waals surface area contributed by atoms with Gasteiger partial charge in [0.1, 0.15) is 0 Å². The molecule has 0 bridgehead atoms. The maximum absolute atomic E-state index is 13.4. The van der Waals surface area contributed by atoms with Crippen LogP contribution in [0.1, 0.15) is 32.0 Å². The molecule has 0 saturated heterocycles. The number of para-hydroxylation sites is 1. The van der Waals surface area contributed by atoms with Crippen molar-refractivity contribution in [3.05, 3.63) is 100 Å². The van der Waals surface area contributed by atoms with Crippen LogP contribution in [0.4, 0.5) is 18.9 Å². The standard InChI is InChI=1S/C25H17ClF3N3O3/c1-14-12-17(24(34)35)10-11-19(14)30-23(33)16-8-6-15(7-9-16)21-13-22(25(27,28)29)31-32(21)20-5-3-2-4-18(20)26/h2-13H,1H3,(H,30,33)(H,34,35). The minimum atomic E-state index is -4.66. The molecule has 10 heteroatoms. The molecule has 0 aliphatic carbocycles. The average Bonchev–Trinajstić information content (AvgIpc) is 3.26. The van der Waals surface area contributed by atoms with Crippen LogP contribution in [0.3, 0.4) is 0 Å². The number of hydrogen-bond donors (Lipinski definition) is 2. The molecule has 0 atom stereocenters. The van der Waals surface area contributed by atoms with E-state index in [4.69, 9.17) is 16.7 Å². The third kappa shape index (κ3) is 5.04. The fourth-order valence-electron chi connectivity index (χ4n) is 3.46. The van der Waals surface area contributed by atoms with Crippen molar-refractivity contribution in [3.63, 3.8) is 0 Å². The molecule has 0 aliphatic rings. The summed E-state index contributed by atoms with van der Waals surface area (Å²) in [5.74, 6) is -1.54. The largest absolute Gasteiger partial charge is 0.478 e. The van der Waals surface area contributed by atoms with Crippen molar-refractivity contribution in [1.29, 1.82) is 0 Å². The zero-order chi connectivity index (χ0) is 25.3. The van der Waals surface area contributed by atoms with E-state index in [1.54, 1.807) is 31.2 Å². The summed E-state index contributed by atoms with van der Waals surface area (Å²) in [6, 6.07) is 17.6. The van der Waals surface area contributed by atoms with E-state index >= 15 is 0 Å². The van der Waals surface area contributed by atoms with Gasteiger partial charge in [-0.15, -0.1) is 0 Å². The number of halogens is 4. The van der Waals surface area contributed by atoms with Gasteiger partial charge in [-0.05, 0) is 61.0 Å². The highest BCUT2D eigenvalue weighted by Crippen LogP contribution is 2.34. The van der Waals surface area contributed by atoms with E-state index in [0.717, 1.165) is 10.7 Å². The van der Waals surface area contributed by atoms with Crippen molar-refractivity contribution >= 4 is 29.2 Å². The molecule has 1 aromatic heterocycles. The predicted molar refractivity (Wildman–Crippen MR) is 125 cm³/mol. The summed E-state index contributed by atoms with van der Waals surface area (Å²) in [5, 5.41) is 15.7. The Bertz CT molecular complexity index is 1430. The van der Waals surface area contributed by atoms with Gasteiger partial charge in [-0.25, -0.2) is 9.48 Å². The van der Waals surface area contributed by atoms with Gasteiger partial charge in [0.05, 0.1) is 22.0 Å². The van der Waals surface area contributed by atoms with Crippen LogP contribution in [0.15, 0.2) is 72.8 Å². The van der Waals surface area contributed by atoms with E-state index in [2.05, 4.69) is 10.4 Å². The first-order valence-electron chi connectivity index (χ1n) is 10.2. The van der Waals surface area contributed by atoms with Crippen molar-refractivity contribution in [2.24, 2.45) is 0 Å². The first kappa shape index (κ1) is 24.0. The average molecular weight is 500 g/mol. The zero-order valence-corrected chi connectivity index (χ0v) is 18.9. The third-order valence-electron chi connectivity index (χ3n) is 5.24. The third-order valence-corrected chi connectivity index (χ3v) is 5.56. The van der Waals surface area contributed by atoms with Crippen LogP contribution in [0.25, 0.3) is 16.9 Å². The number of carbonyl (C=O) groups excluding carboxylic acids is 1. The molecule has 0 fully saturated rings. The van der Waals surface area contributed by atoms with Gasteiger partial charge >= 0.3 is 12.1 Å². The molecule has 178 valence electrons. The molecule has 3 aromatic carbocycles. The molecule has 0 unspecified atom stereocenters. The normalized spacial score (nSPS) is 11.3. The van der Waals surface area contributed by atoms with Gasteiger partial charge in [-0.2, -0.15) is 18.3 Å². The fraction of sp³-hybridized carbons (Fsp3) is 0.0800. The summed E-state index contributed by atoms with van der Waals surface area (Å²) < 4.78 is 41.3. The van der Waals surface area contributed by atoms with Crippen LogP contribution in [0, 0.1) is 6.92 Å². The molecular formula is C25H17ClF3N3O3. The van der Waals surface area contributed by atoms with Crippen LogP contribution < -0.4 is 5.32 Å². The van der Waals surface area contributed by atoms with Crippen molar-refractivity contribution in [2.45, 2.75) is 13.1 Å². The number of aromatic nitrogens is 2. The summed E-state index contributed by atoms with van der Waals surface area (Å²) >= 11 is 6.20. The highest BCUT2D eigenvalue weighted by atomic mass is 35.5. The predicted octanol–water partition coefficient (Wildman–Crippen LogP) is 6.47. The number of aryl methyl sites for hydroxylation is 1. The lowest BCUT2D eigenvalue weighted by Gasteiger charge is -2.11. The fourth-order valence-corrected chi connectivity index (χ4v) is 3.67. The van der Waals surface area contributed by atoms with Crippen LogP contribution >= 0.6 is 11.6 Å². The number of hydrogen-bond acceptors (Lipinski definition) is 3. The van der Waals surface area contributed by atoms with Gasteiger partial charge in [-0.3, -0.25) is 4.79 Å². The lowest BCUT2D eigenvalue weighted by atomic mass is 10.1. The van der Waals surface area contributed by atoms with E-state index in [-0.39, 0.29) is 27.5 Å². The first-order chi connectivity index (χ1) is 16.5. The smallest absolute Gasteiger partial charge is 0.435 e. The zero-order valence-electron chi connectivity index (χ0n) is 18.1. The Hall–Kier alpha value is -4.11. The van der Waals surface area contributed by atoms with Crippen LogP contribution in [0.2, 0.25) is 5.02 Å². The Morgan fingerprint density at radius 1 is 0.971 bits per heavy atom. The quantitative estimate of drug-likeness (QED) is 0.329. The topological polar surface area (TPSA) is 84.2 Å². The molecule has 2 N–H and O–H groups in total. The van der Waals surface area contributed by atoms with Gasteiger partial charge < -0.3 is 10.4 Å². The summed E-state index contributed by atoms with van der Waals surface area (Å²) in [6.45, 7) is 1.67. The Morgan fingerprint density at radius 3 is 2.23 bits per heavy atom. The summed E-state index contributed by atoms with van der Waals surface area (Å²) in [6.07, 6.45) is -4.66. The summed E-state index contributed by atoms with van der Waals surface area (Å²) in [7, 11) is 0. The van der Waals surface area contributed by atoms with Crippen LogP contribution in [0.5, 0.6) is 0 Å². The molecule has 4 rings (SSSR count). The number of alkyl halides is 3. The molecule has 4 aromatic rings. The highest BCUT2D eigenvalue weighted by Gasteiger charge is 2.35. The molecule has 1 heterocycles. The van der Waals surface area contributed by atoms with E-state index in [9.17, 15) is 22.8 Å². The monoisotopic (exact) mass is 499 g/mol. The molecule has 0 radical (unpaired) electrons. The maximum atomic E-state index is 13.4. The number of anilines is 1. The summed E-state index contributed by atoms with van der Waals surface area (Å²) in [4.78, 5) is 23.8. The molecule has 35 heavy (non-hydrogen) atoms. The number of rotatable bonds is 5. The maximum Gasteiger partial charge on any atom is 0.435 e. The second kappa shape index (κ2) is 9.27. The van der Waals surface area contributed by atoms with Crippen LogP contribution in [-0.2, 0) is 6.18 Å². The number of carboxylic acid groups (broad SMARTS) is 1. The summed E-state index contributed by atoms with van der Waals surface area (Å²) in [5.41, 5.74) is 1.11. The second-order valence-electron chi connectivity index (χ2n) is 7.64. The number of carboxylic acids is 1. The van der Waals surface area contributed by atoms with Crippen molar-refractivity contribution in [3.8, 4) is 16.9 Å². The molecular weight excluding hydrogens is 483 g/mol. The van der Waals surface area contributed by atoms with E-state index < -0.39 is 23.7 Å². The number of carbonyl (C=O) groups is 2. The Morgan fingerprint density at radius 2 is 1.63 bits per heavy atom. The minimum absolute atomic E-state index is 0.0956. The Labute approximate surface area is 202 Å². The SMILES string of the molecule is Cc1cc(C(=O)O)ccc1NC(=O)c1ccc(-c2cc(C(F)(F)F)nn2-c2ccccc2Cl)cc1. The van der Waals surface area contributed by atoms with E-state index in [1.807, 2.05) is 0 Å². The number of nitrogens with one attached hydrogen (secondary N) is 1. The Balaban J connectivity index is 1.65. The molecule has 6 nitrogen and oxygen atoms in total. The van der Waals surface area contributed by atoms with E-state index in [0.29, 0.717) is 16.8 Å². The van der Waals surface area contributed by atoms with Gasteiger partial charge in [0.2, 0.25) is 0 Å². The van der Waals surface area contributed by atoms with Gasteiger partial charge in [0, 0.05) is 16.8 Å². The molecule has 0 spiro atoms. The van der Waals surface area contributed by atoms with Crippen molar-refractivity contribution < 1.29 is 27.9 Å². The number of amides is 1. The van der Waals surface area contributed by atoms with Gasteiger partial charge in [0.25, 0.3) is 5.91 Å². The lowest BCUT2D eigenvalue weighted by Crippen LogP contribution is -2.13. The number of aromatic carboxylic acids is 1. The number of benzene rings is 3. The van der Waals surface area contributed by atoms with Gasteiger partial charge in [0.15, 0.2) is 5.69 Å². The molecule has 0 saturated carbocycles. The second-order valence-corrected chi connectivity index (χ2v) is 8.05. The number of nitrogens with zero attached hydrogens (tertiary/aromatic N) is 2. The molecule has 0 aliphatic heterocycles. The Kier molecular flexibility index (Phi) is 6.36. The van der Waals surface area contributed by atoms with E-state index in [1.165, 1.54) is 42.5 Å². The van der Waals surface area contributed by atoms with Gasteiger partial charge in [-0.1, -0.05) is 35.9 Å². The highest BCUT2D eigenvalue weighted by molar-refractivity contribution is 6.32. The van der Waals surface area contributed by atoms with Crippen molar-refractivity contribution in [1.82, 2.24) is 9.78 Å². The first-order valence-corrected chi connectivity index (χ1v) is 10.6. The van der Waals surface area contributed by atoms with Crippen molar-refractivity contribution in [2.75, 3.05) is 5.32 Å².